The molecule has 0 bridgehead atoms. The highest BCUT2D eigenvalue weighted by Crippen LogP contribution is 2.53. The molecule has 0 saturated carbocycles. The lowest BCUT2D eigenvalue weighted by molar-refractivity contribution is 1.63. The molecule has 30 rings (SSSR count). The molecule has 0 spiro atoms. The molecule has 0 atom stereocenters. The molecule has 0 aliphatic heterocycles. The first-order chi connectivity index (χ1) is 114. The van der Waals surface area contributed by atoms with E-state index < -0.39 is 875 Å². The molecule has 0 aromatic heterocycles. The van der Waals surface area contributed by atoms with E-state index in [1.54, 1.807) is 0 Å². The molecule has 0 nitrogen and oxygen atoms in total. The molecule has 0 saturated heterocycles. The number of fused-ring (bicyclic) bond motifs is 15. The highest BCUT2D eigenvalue weighted by atomic mass is 14.3. The van der Waals surface area contributed by atoms with E-state index in [1.165, 1.54) is 0 Å². The summed E-state index contributed by atoms with van der Waals surface area (Å²) >= 11 is 0. The van der Waals surface area contributed by atoms with E-state index in [2.05, 4.69) is 0 Å². The summed E-state index contributed by atoms with van der Waals surface area (Å²) in [6.45, 7) is 0. The van der Waals surface area contributed by atoms with Gasteiger partial charge in [0.15, 0.2) is 0 Å². The molecule has 150 heavy (non-hydrogen) atoms. The van der Waals surface area contributed by atoms with Gasteiger partial charge in [0.2, 0.25) is 0 Å². The van der Waals surface area contributed by atoms with Crippen LogP contribution in [0.15, 0.2) is 580 Å². The number of rotatable bonds is 12. The van der Waals surface area contributed by atoms with Crippen molar-refractivity contribution in [2.45, 2.75) is 0 Å². The normalized spacial score (nSPS) is 20.6. The molecule has 30 aromatic carbocycles. The summed E-state index contributed by atoms with van der Waals surface area (Å²) in [7, 11) is 0. The van der Waals surface area contributed by atoms with Crippen LogP contribution in [0.5, 0.6) is 0 Å². The van der Waals surface area contributed by atoms with Gasteiger partial charge in [-0.3, -0.25) is 0 Å². The maximum atomic E-state index is 10.3. The zero-order valence-electron chi connectivity index (χ0n) is 171. The van der Waals surface area contributed by atoms with Gasteiger partial charge in [-0.2, -0.15) is 0 Å². The largest absolute Gasteiger partial charge is 0.0636 e. The number of benzene rings is 30. The van der Waals surface area contributed by atoms with Crippen molar-refractivity contribution in [3.05, 3.63) is 580 Å². The first-order valence-electron chi connectivity index (χ1n) is 92.2. The van der Waals surface area contributed by atoms with Gasteiger partial charge in [-0.15, -0.1) is 0 Å². The highest BCUT2D eigenvalue weighted by molar-refractivity contribution is 6.28. The molecule has 0 amide bonds. The van der Waals surface area contributed by atoms with Gasteiger partial charge in [-0.1, -0.05) is 550 Å². The topological polar surface area (TPSA) is 0 Å². The summed E-state index contributed by atoms with van der Waals surface area (Å²) < 4.78 is 873. The molecule has 0 fully saturated rings. The lowest BCUT2D eigenvalue weighted by atomic mass is 9.83. The van der Waals surface area contributed by atoms with Crippen LogP contribution in [0.4, 0.5) is 0 Å². The fraction of sp³-hybridized carbons (Fsp3) is 0. The minimum absolute atomic E-state index is 0.634. The van der Waals surface area contributed by atoms with Gasteiger partial charge in [0.25, 0.3) is 0 Å². The number of hydrogen-bond donors (Lipinski definition) is 0. The van der Waals surface area contributed by atoms with Gasteiger partial charge in [-0.05, 0) is 325 Å². The maximum Gasteiger partial charge on any atom is 0.0636 e. The van der Waals surface area contributed by atoms with E-state index in [0.29, 0.717) is 0 Å². The van der Waals surface area contributed by atoms with E-state index in [1.807, 2.05) is 0 Å². The van der Waals surface area contributed by atoms with Crippen LogP contribution in [0.1, 0.15) is 132 Å². The minimum atomic E-state index is -1.23. The molecule has 0 N–H and O–H groups in total. The van der Waals surface area contributed by atoms with Crippen molar-refractivity contribution in [1.29, 1.82) is 0 Å². The van der Waals surface area contributed by atoms with Crippen molar-refractivity contribution in [3.63, 3.8) is 0 Å². The first kappa shape index (κ1) is 34.1. The summed E-state index contributed by atoms with van der Waals surface area (Å²) in [5, 5.41) is -23.3. The smallest absolute Gasteiger partial charge is 0.0616 e. The Morgan fingerprint density at radius 1 is 0.0800 bits per heavy atom. The predicted octanol–water partition coefficient (Wildman–Crippen LogP) is 42.4. The molecule has 30 aromatic rings. The van der Waals surface area contributed by atoms with Crippen molar-refractivity contribution in [3.8, 4) is 134 Å². The lowest BCUT2D eigenvalue weighted by Crippen LogP contribution is -1.93. The minimum Gasteiger partial charge on any atom is -0.0616 e. The molecule has 0 aliphatic rings. The van der Waals surface area contributed by atoms with Crippen molar-refractivity contribution in [2.24, 2.45) is 0 Å². The predicted molar refractivity (Wildman–Crippen MR) is 647 cm³/mol. The van der Waals surface area contributed by atoms with Gasteiger partial charge in [0.1, 0.15) is 0 Å². The van der Waals surface area contributed by atoms with Crippen LogP contribution in [-0.2, 0) is 0 Å². The summed E-state index contributed by atoms with van der Waals surface area (Å²) in [6.07, 6.45) is 0. The van der Waals surface area contributed by atoms with E-state index in [-0.39, 0.29) is 0 Å². The maximum absolute atomic E-state index is 10.3. The Kier molecular flexibility index (Phi) is 8.53. The van der Waals surface area contributed by atoms with Crippen molar-refractivity contribution in [2.75, 3.05) is 0 Å². The highest BCUT2D eigenvalue weighted by Gasteiger charge is 2.26. The van der Waals surface area contributed by atoms with Crippen LogP contribution < -0.4 is 0 Å². The van der Waals surface area contributed by atoms with Crippen molar-refractivity contribution >= 4 is 162 Å². The van der Waals surface area contributed by atoms with Gasteiger partial charge in [0.05, 0.1) is 132 Å². The van der Waals surface area contributed by atoms with Crippen LogP contribution in [0.25, 0.3) is 295 Å². The van der Waals surface area contributed by atoms with E-state index in [4.69, 9.17) is 79.5 Å². The fourth-order valence-electron chi connectivity index (χ4n) is 17.5. The molecule has 696 valence electrons. The van der Waals surface area contributed by atoms with Crippen molar-refractivity contribution in [1.82, 2.24) is 0 Å². The van der Waals surface area contributed by atoms with Crippen LogP contribution >= 0.6 is 0 Å². The standard InChI is InChI=1S/3C50H32/c1-4-18-39-33(12-1)15-9-23-41(39)36-26-28-37(29-27-36)49-45-21-7-8-22-46(45)50(44-25-11-17-35-14-3-6-20-42(35)44)47-31-30-38(32-48(47)49)43-24-10-16-34-13-2-5-19-40(34)43;1-2-14-38-31-39(28-23-33(38)11-1)40-29-30-47-48(32-40)49(37-26-24-36(25-27-37)42-21-9-15-34-12-3-5-17-41(34)42)45-19-7-8-20-46(45)50(47)44-22-10-16-35-13-4-6-18-43(35)44;1-2-14-38-31-39(28-23-33(38)11-1)40-29-30-47-48(32-40)50(44-22-10-16-35-13-4-6-18-43(35)44)46-20-8-7-19-45(46)49(47)37-26-24-36(25-27-37)42-21-9-15-34-12-3-5-17-41(34)42/h3*1-32H/i3*1D,2D,3D,4D,5D,6D,7D,8D,9D,10D,11D,12D,13D,14D,15D,16D,17D,18D,19D,20D,21D,22D,23D,24D,25D,26D,27D,28D,29D,30D,31D,32D. The van der Waals surface area contributed by atoms with Crippen LogP contribution in [0.2, 0.25) is 0 Å². The van der Waals surface area contributed by atoms with E-state index >= 15 is 0 Å². The fourth-order valence-corrected chi connectivity index (χ4v) is 17.5. The van der Waals surface area contributed by atoms with Crippen molar-refractivity contribution < 1.29 is 132 Å². The zero-order valence-corrected chi connectivity index (χ0v) is 75.0. The third-order valence-corrected chi connectivity index (χ3v) is 24.1. The van der Waals surface area contributed by atoms with E-state index in [0.717, 1.165) is 0 Å². The molecule has 0 aliphatic carbocycles. The third-order valence-electron chi connectivity index (χ3n) is 24.1. The molecular weight excluding hydrogens is 1800 g/mol. The van der Waals surface area contributed by atoms with Gasteiger partial charge >= 0.3 is 0 Å². The second-order valence-electron chi connectivity index (χ2n) is 32.2. The lowest BCUT2D eigenvalue weighted by Gasteiger charge is -2.20. The molecule has 0 heteroatoms. The Bertz CT molecular complexity index is 16900. The Morgan fingerprint density at radius 2 is 0.240 bits per heavy atom. The Labute approximate surface area is 1010 Å². The molecule has 0 radical (unpaired) electrons. The first-order valence-corrected chi connectivity index (χ1v) is 44.2. The molecule has 0 heterocycles. The Balaban J connectivity index is 0.000000157. The Morgan fingerprint density at radius 3 is 0.533 bits per heavy atom. The van der Waals surface area contributed by atoms with Crippen LogP contribution in [0.3, 0.4) is 0 Å². The summed E-state index contributed by atoms with van der Waals surface area (Å²) in [5.74, 6) is 0. The molecule has 0 unspecified atom stereocenters. The van der Waals surface area contributed by atoms with Gasteiger partial charge in [-0.25, -0.2) is 0 Å². The summed E-state index contributed by atoms with van der Waals surface area (Å²) in [6, 6.07) is -98.0. The number of hydrogen-bond acceptors (Lipinski definition) is 0. The average Bonchev–Trinajstić information content (AvgIpc) is 0.677. The summed E-state index contributed by atoms with van der Waals surface area (Å²) in [4.78, 5) is 0. The van der Waals surface area contributed by atoms with Crippen LogP contribution in [0, 0.1) is 0 Å². The zero-order chi connectivity index (χ0) is 183. The van der Waals surface area contributed by atoms with E-state index in [9.17, 15) is 52.1 Å². The Hall–Kier alpha value is -19.5. The summed E-state index contributed by atoms with van der Waals surface area (Å²) in [5.41, 5.74) is -21.6. The third kappa shape index (κ3) is 15.6. The monoisotopic (exact) mass is 1990 g/mol. The SMILES string of the molecule is [2H]c1c([2H])c(-c2c3c([2H])c([2H])c([2H])c([2H])c3c(-c3c([2H])c([2H])c([2H])c4c([2H])c([2H])c([2H])c([2H])c34)c3c([2H])c(-c4c([2H])c([2H])c5c([2H])c([2H])c([2H])c([2H])c5c4[2H])c([2H])c([2H])c23)c([2H])c([2H])c1-c1c([2H])c([2H])c([2H])c2c([2H])c([2H])c([2H])c([2H])c12.[2H]c1c([2H])c(-c2c3c([2H])c([2H])c([2H])c([2H])c3c(-c3c([2H])c([2H])c([2H])c4c([2H])c([2H])c([2H])c([2H])c34)c3c([2H])c([2H])c(-c4c([2H])c([2H])c([2H])c5c([2H])c([2H])c([2H])c([2H])c45)c([2H])c23)c([2H])c([2H])c1-c1c([2H])c([2H])c([2H])c2c([2H])c([2H])c([2H])c([2H])c12.[2H]c1c([2H])c(-c2c3c([2H])c([2H])c([2H])c([2H])c3c(-c3c([2H])c([2H])c([2H])c4c([2H])c([2H])c([2H])c([2H])c34)c3c([2H])c([2H])c(-c4c([2H])c([2H])c5c([2H])c([2H])c([2H])c([2H])c5c4[2H])c([2H])c23)c([2H])c([2H])c1-c1c([2H])c([2H])c([2H])c2c([2H])c([2H])c([2H])c([2H])c12. The molecular formula is C150H96. The second-order valence-corrected chi connectivity index (χ2v) is 32.2. The second kappa shape index (κ2) is 37.6. The quantitative estimate of drug-likeness (QED) is 0.107. The van der Waals surface area contributed by atoms with Gasteiger partial charge in [0, 0.05) is 0 Å². The average molecular weight is 2000 g/mol. The van der Waals surface area contributed by atoms with Crippen LogP contribution in [-0.4, -0.2) is 0 Å². The van der Waals surface area contributed by atoms with Gasteiger partial charge < -0.3 is 0 Å².